The third kappa shape index (κ3) is 4.04. The molecule has 3 aromatic rings. The number of piperidine rings is 1. The minimum Gasteiger partial charge on any atom is -0.257 e. The summed E-state index contributed by atoms with van der Waals surface area (Å²) in [6.07, 6.45) is 4.51. The molecule has 2 heterocycles. The maximum absolute atomic E-state index is 13.7. The van der Waals surface area contributed by atoms with Crippen molar-refractivity contribution in [3.05, 3.63) is 78.3 Å². The minimum atomic E-state index is -3.75. The average molecular weight is 415 g/mol. The Morgan fingerprint density at radius 3 is 2.48 bits per heavy atom. The molecule has 0 saturated carbocycles. The SMILES string of the molecule is O=S(=O)(c1ccc(F)cc1)N1CCC[C@@H](c2nccnc2-c2cccc(F)c2)C1. The summed E-state index contributed by atoms with van der Waals surface area (Å²) in [4.78, 5) is 8.89. The van der Waals surface area contributed by atoms with Crippen LogP contribution >= 0.6 is 0 Å². The highest BCUT2D eigenvalue weighted by Crippen LogP contribution is 2.33. The predicted molar refractivity (Wildman–Crippen MR) is 105 cm³/mol. The number of rotatable bonds is 4. The maximum Gasteiger partial charge on any atom is 0.243 e. The summed E-state index contributed by atoms with van der Waals surface area (Å²) in [5.74, 6) is -1.03. The van der Waals surface area contributed by atoms with Crippen molar-refractivity contribution in [2.24, 2.45) is 0 Å². The first-order chi connectivity index (χ1) is 13.9. The van der Waals surface area contributed by atoms with E-state index in [0.29, 0.717) is 29.9 Å². The number of sulfonamides is 1. The summed E-state index contributed by atoms with van der Waals surface area (Å²) in [5.41, 5.74) is 1.81. The van der Waals surface area contributed by atoms with Crippen molar-refractivity contribution in [1.29, 1.82) is 0 Å². The Morgan fingerprint density at radius 1 is 0.966 bits per heavy atom. The van der Waals surface area contributed by atoms with E-state index in [0.717, 1.165) is 18.6 Å². The van der Waals surface area contributed by atoms with Crippen LogP contribution in [0.4, 0.5) is 8.78 Å². The first-order valence-corrected chi connectivity index (χ1v) is 10.7. The third-order valence-corrected chi connectivity index (χ3v) is 6.93. The van der Waals surface area contributed by atoms with Crippen LogP contribution in [0.1, 0.15) is 24.5 Å². The molecular formula is C21H19F2N3O2S. The van der Waals surface area contributed by atoms with Crippen LogP contribution in [-0.2, 0) is 10.0 Å². The molecule has 1 aromatic heterocycles. The number of nitrogens with zero attached hydrogens (tertiary/aromatic N) is 3. The molecule has 0 radical (unpaired) electrons. The molecule has 1 aliphatic heterocycles. The molecule has 150 valence electrons. The third-order valence-electron chi connectivity index (χ3n) is 5.05. The Bertz CT molecular complexity index is 1120. The zero-order valence-corrected chi connectivity index (χ0v) is 16.3. The van der Waals surface area contributed by atoms with Crippen LogP contribution in [0.5, 0.6) is 0 Å². The van der Waals surface area contributed by atoms with E-state index in [9.17, 15) is 17.2 Å². The van der Waals surface area contributed by atoms with Crippen LogP contribution in [0.3, 0.4) is 0 Å². The molecule has 0 spiro atoms. The van der Waals surface area contributed by atoms with Gasteiger partial charge in [-0.2, -0.15) is 4.31 Å². The lowest BCUT2D eigenvalue weighted by Gasteiger charge is -2.32. The Balaban J connectivity index is 1.65. The fraction of sp³-hybridized carbons (Fsp3) is 0.238. The van der Waals surface area contributed by atoms with Crippen molar-refractivity contribution in [3.63, 3.8) is 0 Å². The van der Waals surface area contributed by atoms with Gasteiger partial charge in [-0.05, 0) is 49.2 Å². The summed E-state index contributed by atoms with van der Waals surface area (Å²) in [6, 6.07) is 10.9. The topological polar surface area (TPSA) is 63.2 Å². The number of halogens is 2. The van der Waals surface area contributed by atoms with E-state index in [4.69, 9.17) is 0 Å². The molecule has 0 N–H and O–H groups in total. The van der Waals surface area contributed by atoms with Crippen molar-refractivity contribution >= 4 is 10.0 Å². The van der Waals surface area contributed by atoms with Gasteiger partial charge in [0.05, 0.1) is 16.3 Å². The van der Waals surface area contributed by atoms with Gasteiger partial charge in [0.25, 0.3) is 0 Å². The zero-order valence-electron chi connectivity index (χ0n) is 15.5. The van der Waals surface area contributed by atoms with E-state index in [1.54, 1.807) is 24.5 Å². The van der Waals surface area contributed by atoms with Gasteiger partial charge in [0.2, 0.25) is 10.0 Å². The van der Waals surface area contributed by atoms with Crippen LogP contribution in [-0.4, -0.2) is 35.8 Å². The van der Waals surface area contributed by atoms with Gasteiger partial charge in [-0.1, -0.05) is 12.1 Å². The predicted octanol–water partition coefficient (Wildman–Crippen LogP) is 3.99. The lowest BCUT2D eigenvalue weighted by atomic mass is 9.92. The van der Waals surface area contributed by atoms with Crippen LogP contribution in [0, 0.1) is 11.6 Å². The van der Waals surface area contributed by atoms with Crippen LogP contribution < -0.4 is 0 Å². The van der Waals surface area contributed by atoms with E-state index in [-0.39, 0.29) is 23.2 Å². The van der Waals surface area contributed by atoms with E-state index in [1.165, 1.54) is 28.6 Å². The lowest BCUT2D eigenvalue weighted by Crippen LogP contribution is -2.39. The molecule has 4 rings (SSSR count). The normalized spacial score (nSPS) is 17.9. The summed E-state index contributed by atoms with van der Waals surface area (Å²) in [6.45, 7) is 0.618. The van der Waals surface area contributed by atoms with Crippen LogP contribution in [0.15, 0.2) is 65.8 Å². The van der Waals surface area contributed by atoms with Crippen LogP contribution in [0.25, 0.3) is 11.3 Å². The second-order valence-corrected chi connectivity index (χ2v) is 8.89. The second kappa shape index (κ2) is 7.96. The molecule has 0 bridgehead atoms. The van der Waals surface area contributed by atoms with Crippen molar-refractivity contribution in [1.82, 2.24) is 14.3 Å². The number of aromatic nitrogens is 2. The highest BCUT2D eigenvalue weighted by Gasteiger charge is 2.32. The standard InChI is InChI=1S/C21H19F2N3O2S/c22-17-6-8-19(9-7-17)29(27,28)26-12-2-4-16(14-26)21-20(24-10-11-25-21)15-3-1-5-18(23)13-15/h1,3,5-11,13,16H,2,4,12,14H2/t16-/m1/s1. The van der Waals surface area contributed by atoms with E-state index < -0.39 is 15.8 Å². The number of hydrogen-bond donors (Lipinski definition) is 0. The molecule has 0 unspecified atom stereocenters. The lowest BCUT2D eigenvalue weighted by molar-refractivity contribution is 0.312. The average Bonchev–Trinajstić information content (AvgIpc) is 2.74. The molecular weight excluding hydrogens is 396 g/mol. The summed E-state index contributed by atoms with van der Waals surface area (Å²) in [5, 5.41) is 0. The van der Waals surface area contributed by atoms with Gasteiger partial charge in [-0.3, -0.25) is 9.97 Å². The van der Waals surface area contributed by atoms with Gasteiger partial charge in [0, 0.05) is 37.0 Å². The first-order valence-electron chi connectivity index (χ1n) is 9.28. The summed E-state index contributed by atoms with van der Waals surface area (Å²) in [7, 11) is -3.75. The largest absolute Gasteiger partial charge is 0.257 e. The zero-order chi connectivity index (χ0) is 20.4. The molecule has 8 heteroatoms. The second-order valence-electron chi connectivity index (χ2n) is 6.96. The van der Waals surface area contributed by atoms with Crippen molar-refractivity contribution in [2.45, 2.75) is 23.7 Å². The van der Waals surface area contributed by atoms with Crippen molar-refractivity contribution in [2.75, 3.05) is 13.1 Å². The van der Waals surface area contributed by atoms with Gasteiger partial charge >= 0.3 is 0 Å². The van der Waals surface area contributed by atoms with E-state index in [2.05, 4.69) is 9.97 Å². The molecule has 0 aliphatic carbocycles. The van der Waals surface area contributed by atoms with Crippen LogP contribution in [0.2, 0.25) is 0 Å². The van der Waals surface area contributed by atoms with Gasteiger partial charge in [0.1, 0.15) is 11.6 Å². The molecule has 1 aliphatic rings. The van der Waals surface area contributed by atoms with E-state index >= 15 is 0 Å². The minimum absolute atomic E-state index is 0.0593. The molecule has 1 fully saturated rings. The first kappa shape index (κ1) is 19.6. The van der Waals surface area contributed by atoms with E-state index in [1.807, 2.05) is 0 Å². The molecule has 1 saturated heterocycles. The van der Waals surface area contributed by atoms with Crippen molar-refractivity contribution < 1.29 is 17.2 Å². The highest BCUT2D eigenvalue weighted by atomic mass is 32.2. The van der Waals surface area contributed by atoms with Crippen molar-refractivity contribution in [3.8, 4) is 11.3 Å². The van der Waals surface area contributed by atoms with Gasteiger partial charge in [-0.15, -0.1) is 0 Å². The fourth-order valence-corrected chi connectivity index (χ4v) is 5.17. The number of benzene rings is 2. The smallest absolute Gasteiger partial charge is 0.243 e. The highest BCUT2D eigenvalue weighted by molar-refractivity contribution is 7.89. The summed E-state index contributed by atoms with van der Waals surface area (Å²) < 4.78 is 54.3. The van der Waals surface area contributed by atoms with Gasteiger partial charge < -0.3 is 0 Å². The Labute approximate surface area is 168 Å². The van der Waals surface area contributed by atoms with Gasteiger partial charge in [0.15, 0.2) is 0 Å². The fourth-order valence-electron chi connectivity index (χ4n) is 3.65. The Morgan fingerprint density at radius 2 is 1.72 bits per heavy atom. The van der Waals surface area contributed by atoms with Gasteiger partial charge in [-0.25, -0.2) is 17.2 Å². The summed E-state index contributed by atoms with van der Waals surface area (Å²) >= 11 is 0. The quantitative estimate of drug-likeness (QED) is 0.646. The Kier molecular flexibility index (Phi) is 5.38. The molecule has 29 heavy (non-hydrogen) atoms. The monoisotopic (exact) mass is 415 g/mol. The molecule has 1 atom stereocenters. The molecule has 0 amide bonds. The Hall–Kier alpha value is -2.71. The molecule has 2 aromatic carbocycles. The maximum atomic E-state index is 13.7. The number of hydrogen-bond acceptors (Lipinski definition) is 4. The molecule has 5 nitrogen and oxygen atoms in total.